The van der Waals surface area contributed by atoms with Crippen molar-refractivity contribution in [2.75, 3.05) is 0 Å². The van der Waals surface area contributed by atoms with Crippen molar-refractivity contribution < 1.29 is 9.90 Å². The molecule has 0 bridgehead atoms. The summed E-state index contributed by atoms with van der Waals surface area (Å²) in [5, 5.41) is 8.65. The van der Waals surface area contributed by atoms with Crippen molar-refractivity contribution >= 4 is 22.1 Å². The predicted octanol–water partition coefficient (Wildman–Crippen LogP) is 0.483. The van der Waals surface area contributed by atoms with E-state index in [1.165, 1.54) is 13.8 Å². The summed E-state index contributed by atoms with van der Waals surface area (Å²) in [6, 6.07) is 0. The zero-order chi connectivity index (χ0) is 6.73. The van der Waals surface area contributed by atoms with Gasteiger partial charge in [-0.15, -0.1) is 0 Å². The first-order valence-electron chi connectivity index (χ1n) is 2.19. The fourth-order valence-electron chi connectivity index (χ4n) is 0.263. The number of carbonyl (C=O) groups excluding carboxylic acids is 1. The number of hydrogen-bond acceptors (Lipinski definition) is 2. The molecule has 0 heterocycles. The van der Waals surface area contributed by atoms with Crippen LogP contribution in [0.4, 0.5) is 0 Å². The number of halogens is 1. The molecule has 1 atom stereocenters. The third-order valence-corrected chi connectivity index (χ3v) is 1.72. The Balaban J connectivity index is 3.64. The van der Waals surface area contributed by atoms with E-state index in [4.69, 9.17) is 5.11 Å². The number of aliphatic hydroxyl groups excluding tert-OH is 1. The molecule has 1 amide bonds. The van der Waals surface area contributed by atoms with E-state index in [1.54, 1.807) is 0 Å². The lowest BCUT2D eigenvalue weighted by Gasteiger charge is -2.13. The van der Waals surface area contributed by atoms with Gasteiger partial charge in [-0.3, -0.25) is 8.72 Å². The highest BCUT2D eigenvalue weighted by Crippen LogP contribution is 2.01. The van der Waals surface area contributed by atoms with E-state index in [1.807, 2.05) is 0 Å². The molecule has 0 radical (unpaired) electrons. The van der Waals surface area contributed by atoms with Gasteiger partial charge in [0.05, 0.1) is 16.1 Å². The molecule has 8 heavy (non-hydrogen) atoms. The van der Waals surface area contributed by atoms with Crippen LogP contribution in [0, 0.1) is 0 Å². The fourth-order valence-corrected chi connectivity index (χ4v) is 0.263. The zero-order valence-electron chi connectivity index (χ0n) is 4.76. The Hall–Kier alpha value is -0.0900. The van der Waals surface area contributed by atoms with Crippen LogP contribution in [0.1, 0.15) is 13.8 Å². The predicted molar refractivity (Wildman–Crippen MR) is 33.1 cm³/mol. The summed E-state index contributed by atoms with van der Waals surface area (Å²) in [7, 11) is 0. The first-order chi connectivity index (χ1) is 3.55. The molecule has 0 saturated heterocycles. The van der Waals surface area contributed by atoms with Crippen LogP contribution >= 0.6 is 16.1 Å². The maximum Gasteiger partial charge on any atom is 0.231 e. The van der Waals surface area contributed by atoms with Crippen LogP contribution < -0.4 is 0 Å². The molecule has 4 heteroatoms. The number of amides is 1. The first kappa shape index (κ1) is 7.91. The van der Waals surface area contributed by atoms with Crippen molar-refractivity contribution in [3.63, 3.8) is 0 Å². The maximum absolute atomic E-state index is 10.3. The Kier molecular flexibility index (Phi) is 3.01. The second-order valence-electron chi connectivity index (χ2n) is 1.46. The lowest BCUT2D eigenvalue weighted by Crippen LogP contribution is -2.26. The summed E-state index contributed by atoms with van der Waals surface area (Å²) in [5.41, 5.74) is 0. The maximum atomic E-state index is 10.3. The molecule has 3 nitrogen and oxygen atoms in total. The molecular weight excluding hydrogens is 174 g/mol. The molecule has 0 spiro atoms. The summed E-state index contributed by atoms with van der Waals surface area (Å²) in [6.45, 7) is 2.86. The third kappa shape index (κ3) is 2.28. The molecule has 0 aromatic heterocycles. The van der Waals surface area contributed by atoms with Gasteiger partial charge in [0, 0.05) is 6.92 Å². The standard InChI is InChI=1S/C4H8BrNO2/c1-3(7)6(5)4(2)8/h3,7H,1-2H3. The smallest absolute Gasteiger partial charge is 0.231 e. The van der Waals surface area contributed by atoms with Gasteiger partial charge in [0.15, 0.2) is 0 Å². The summed E-state index contributed by atoms with van der Waals surface area (Å²) in [5.74, 6) is -0.208. The minimum atomic E-state index is -0.757. The van der Waals surface area contributed by atoms with Crippen LogP contribution in [-0.2, 0) is 4.79 Å². The van der Waals surface area contributed by atoms with Crippen LogP contribution in [0.2, 0.25) is 0 Å². The van der Waals surface area contributed by atoms with Crippen LogP contribution in [0.5, 0.6) is 0 Å². The number of rotatable bonds is 1. The lowest BCUT2D eigenvalue weighted by atomic mass is 10.6. The second-order valence-corrected chi connectivity index (χ2v) is 2.23. The number of aliphatic hydroxyl groups is 1. The average Bonchev–Trinajstić information content (AvgIpc) is 1.64. The van der Waals surface area contributed by atoms with Crippen molar-refractivity contribution in [2.45, 2.75) is 20.1 Å². The number of nitrogens with zero attached hydrogens (tertiary/aromatic N) is 1. The Morgan fingerprint density at radius 2 is 2.25 bits per heavy atom. The van der Waals surface area contributed by atoms with Gasteiger partial charge in [-0.05, 0) is 6.92 Å². The Labute approximate surface area is 56.6 Å². The molecule has 0 aliphatic rings. The van der Waals surface area contributed by atoms with Crippen LogP contribution in [0.25, 0.3) is 0 Å². The normalized spacial score (nSPS) is 13.0. The van der Waals surface area contributed by atoms with Crippen LogP contribution in [0.15, 0.2) is 0 Å². The van der Waals surface area contributed by atoms with Gasteiger partial charge in [0.2, 0.25) is 5.91 Å². The summed E-state index contributed by atoms with van der Waals surface area (Å²) >= 11 is 2.84. The largest absolute Gasteiger partial charge is 0.373 e. The van der Waals surface area contributed by atoms with E-state index in [9.17, 15) is 4.79 Å². The Morgan fingerprint density at radius 1 is 1.88 bits per heavy atom. The van der Waals surface area contributed by atoms with Gasteiger partial charge < -0.3 is 5.11 Å². The molecule has 1 N–H and O–H groups in total. The van der Waals surface area contributed by atoms with Gasteiger partial charge in [-0.1, -0.05) is 0 Å². The summed E-state index contributed by atoms with van der Waals surface area (Å²) < 4.78 is 1.06. The van der Waals surface area contributed by atoms with E-state index >= 15 is 0 Å². The molecule has 0 aliphatic heterocycles. The van der Waals surface area contributed by atoms with E-state index < -0.39 is 6.23 Å². The fraction of sp³-hybridized carbons (Fsp3) is 0.750. The molecule has 48 valence electrons. The third-order valence-electron chi connectivity index (χ3n) is 0.629. The molecule has 0 aromatic carbocycles. The first-order valence-corrected chi connectivity index (χ1v) is 2.90. The second kappa shape index (κ2) is 3.04. The monoisotopic (exact) mass is 181 g/mol. The van der Waals surface area contributed by atoms with Gasteiger partial charge >= 0.3 is 0 Å². The van der Waals surface area contributed by atoms with Crippen molar-refractivity contribution in [1.82, 2.24) is 3.93 Å². The average molecular weight is 182 g/mol. The van der Waals surface area contributed by atoms with Gasteiger partial charge in [-0.2, -0.15) is 0 Å². The topological polar surface area (TPSA) is 40.5 Å². The van der Waals surface area contributed by atoms with Gasteiger partial charge in [-0.25, -0.2) is 0 Å². The highest BCUT2D eigenvalue weighted by atomic mass is 79.9. The van der Waals surface area contributed by atoms with Crippen molar-refractivity contribution in [3.05, 3.63) is 0 Å². The molecule has 0 aromatic rings. The van der Waals surface area contributed by atoms with Gasteiger partial charge in [0.1, 0.15) is 6.23 Å². The van der Waals surface area contributed by atoms with E-state index in [0.717, 1.165) is 3.93 Å². The Morgan fingerprint density at radius 3 is 2.25 bits per heavy atom. The molecule has 0 aliphatic carbocycles. The van der Waals surface area contributed by atoms with E-state index in [-0.39, 0.29) is 5.91 Å². The molecular formula is C4H8BrNO2. The van der Waals surface area contributed by atoms with Crippen molar-refractivity contribution in [3.8, 4) is 0 Å². The SMILES string of the molecule is CC(=O)N(Br)C(C)O. The minimum absolute atomic E-state index is 0.208. The molecule has 1 unspecified atom stereocenters. The Bertz CT molecular complexity index is 94.0. The van der Waals surface area contributed by atoms with Crippen molar-refractivity contribution in [2.24, 2.45) is 0 Å². The summed E-state index contributed by atoms with van der Waals surface area (Å²) in [6.07, 6.45) is -0.757. The highest BCUT2D eigenvalue weighted by Gasteiger charge is 2.08. The van der Waals surface area contributed by atoms with Crippen LogP contribution in [-0.4, -0.2) is 21.2 Å². The molecule has 0 saturated carbocycles. The lowest BCUT2D eigenvalue weighted by molar-refractivity contribution is -0.128. The molecule has 0 rings (SSSR count). The van der Waals surface area contributed by atoms with Gasteiger partial charge in [0.25, 0.3) is 0 Å². The quantitative estimate of drug-likeness (QED) is 0.473. The molecule has 0 fully saturated rings. The number of carbonyl (C=O) groups is 1. The van der Waals surface area contributed by atoms with Crippen molar-refractivity contribution in [1.29, 1.82) is 0 Å². The van der Waals surface area contributed by atoms with E-state index in [0.29, 0.717) is 0 Å². The van der Waals surface area contributed by atoms with E-state index in [2.05, 4.69) is 16.1 Å². The number of hydrogen-bond donors (Lipinski definition) is 1. The highest BCUT2D eigenvalue weighted by molar-refractivity contribution is 9.07. The minimum Gasteiger partial charge on any atom is -0.373 e. The summed E-state index contributed by atoms with van der Waals surface area (Å²) in [4.78, 5) is 10.3. The van der Waals surface area contributed by atoms with Crippen LogP contribution in [0.3, 0.4) is 0 Å². The zero-order valence-corrected chi connectivity index (χ0v) is 6.34.